The lowest BCUT2D eigenvalue weighted by molar-refractivity contribution is -0.111. The fourth-order valence-corrected chi connectivity index (χ4v) is 5.29. The molecule has 2 aliphatic rings. The Bertz CT molecular complexity index is 1010. The van der Waals surface area contributed by atoms with Gasteiger partial charge in [0.2, 0.25) is 5.91 Å². The monoisotopic (exact) mass is 425 g/mol. The Balaban J connectivity index is 1.42. The number of anilines is 1. The van der Waals surface area contributed by atoms with Crippen molar-refractivity contribution in [2.45, 2.75) is 25.4 Å². The lowest BCUT2D eigenvalue weighted by Gasteiger charge is -2.25. The maximum atomic E-state index is 12.3. The lowest BCUT2D eigenvalue weighted by atomic mass is 9.94. The molecule has 1 atom stereocenters. The van der Waals surface area contributed by atoms with Crippen LogP contribution in [0.15, 0.2) is 35.7 Å². The van der Waals surface area contributed by atoms with E-state index in [-0.39, 0.29) is 18.1 Å². The number of thiophene rings is 2. The highest BCUT2D eigenvalue weighted by atomic mass is 32.1. The van der Waals surface area contributed by atoms with Crippen LogP contribution in [0.2, 0.25) is 0 Å². The molecule has 0 aromatic carbocycles. The summed E-state index contributed by atoms with van der Waals surface area (Å²) in [5.41, 5.74) is 1.49. The second kappa shape index (κ2) is 8.64. The zero-order chi connectivity index (χ0) is 20.2. The van der Waals surface area contributed by atoms with Crippen LogP contribution in [0.1, 0.15) is 27.3 Å². The molecule has 0 saturated carbocycles. The molecule has 1 aliphatic carbocycles. The quantitative estimate of drug-likeness (QED) is 0.588. The molecule has 0 saturated heterocycles. The van der Waals surface area contributed by atoms with E-state index >= 15 is 0 Å². The highest BCUT2D eigenvalue weighted by molar-refractivity contribution is 7.16. The van der Waals surface area contributed by atoms with E-state index in [1.807, 2.05) is 29.7 Å². The third kappa shape index (κ3) is 4.42. The Morgan fingerprint density at radius 2 is 2.17 bits per heavy atom. The predicted octanol–water partition coefficient (Wildman–Crippen LogP) is 4.20. The highest BCUT2D eigenvalue weighted by Crippen LogP contribution is 2.38. The summed E-state index contributed by atoms with van der Waals surface area (Å²) in [4.78, 5) is 28.1. The van der Waals surface area contributed by atoms with E-state index in [2.05, 4.69) is 11.4 Å². The van der Waals surface area contributed by atoms with E-state index < -0.39 is 0 Å². The van der Waals surface area contributed by atoms with Crippen LogP contribution < -0.4 is 5.32 Å². The number of carbonyl (C=O) groups is 2. The topological polar surface area (TPSA) is 82.4 Å². The van der Waals surface area contributed by atoms with Gasteiger partial charge in [-0.3, -0.25) is 4.79 Å². The number of fused-ring (bicyclic) bond motifs is 1. The Kier molecular flexibility index (Phi) is 5.79. The first-order chi connectivity index (χ1) is 14.1. The van der Waals surface area contributed by atoms with Crippen LogP contribution in [0.3, 0.4) is 0 Å². The van der Waals surface area contributed by atoms with Crippen molar-refractivity contribution in [3.8, 4) is 6.07 Å². The van der Waals surface area contributed by atoms with Crippen LogP contribution in [0.4, 0.5) is 9.80 Å². The van der Waals surface area contributed by atoms with Crippen molar-refractivity contribution < 1.29 is 14.3 Å². The van der Waals surface area contributed by atoms with E-state index in [1.165, 1.54) is 17.4 Å². The van der Waals surface area contributed by atoms with Crippen molar-refractivity contribution in [2.24, 2.45) is 0 Å². The minimum Gasteiger partial charge on any atom is -0.446 e. The van der Waals surface area contributed by atoms with Crippen LogP contribution >= 0.6 is 22.7 Å². The Morgan fingerprint density at radius 1 is 1.34 bits per heavy atom. The summed E-state index contributed by atoms with van der Waals surface area (Å²) < 4.78 is 5.65. The van der Waals surface area contributed by atoms with Gasteiger partial charge in [-0.1, -0.05) is 18.2 Å². The molecule has 1 N–H and O–H groups in total. The number of nitrogens with one attached hydrogen (secondary N) is 1. The van der Waals surface area contributed by atoms with Crippen LogP contribution in [-0.4, -0.2) is 36.1 Å². The molecule has 29 heavy (non-hydrogen) atoms. The molecule has 2 aromatic heterocycles. The lowest BCUT2D eigenvalue weighted by Crippen LogP contribution is -2.34. The third-order valence-corrected chi connectivity index (χ3v) is 6.86. The molecule has 6 nitrogen and oxygen atoms in total. The van der Waals surface area contributed by atoms with Gasteiger partial charge in [-0.05, 0) is 35.9 Å². The van der Waals surface area contributed by atoms with Crippen LogP contribution in [0, 0.1) is 11.3 Å². The van der Waals surface area contributed by atoms with Gasteiger partial charge in [-0.15, -0.1) is 22.7 Å². The van der Waals surface area contributed by atoms with Gasteiger partial charge in [-0.2, -0.15) is 5.26 Å². The minimum atomic E-state index is -0.298. The Labute approximate surface area is 176 Å². The number of ether oxygens (including phenoxy) is 1. The highest BCUT2D eigenvalue weighted by Gasteiger charge is 2.29. The molecule has 4 rings (SSSR count). The fraction of sp³-hybridized carbons (Fsp3) is 0.286. The van der Waals surface area contributed by atoms with Gasteiger partial charge >= 0.3 is 6.09 Å². The van der Waals surface area contributed by atoms with E-state index in [9.17, 15) is 14.9 Å². The summed E-state index contributed by atoms with van der Waals surface area (Å²) in [5, 5.41) is 14.9. The van der Waals surface area contributed by atoms with Crippen LogP contribution in [0.25, 0.3) is 6.08 Å². The predicted molar refractivity (Wildman–Crippen MR) is 114 cm³/mol. The normalized spacial score (nSPS) is 17.9. The van der Waals surface area contributed by atoms with E-state index in [0.29, 0.717) is 42.9 Å². The molecule has 0 spiro atoms. The van der Waals surface area contributed by atoms with Gasteiger partial charge < -0.3 is 15.0 Å². The zero-order valence-corrected chi connectivity index (χ0v) is 17.2. The smallest absolute Gasteiger partial charge is 0.410 e. The van der Waals surface area contributed by atoms with E-state index in [4.69, 9.17) is 4.74 Å². The molecule has 0 radical (unpaired) electrons. The number of nitrogens with zero attached hydrogens (tertiary/aromatic N) is 2. The van der Waals surface area contributed by atoms with E-state index in [1.54, 1.807) is 22.3 Å². The Hall–Kier alpha value is -2.89. The number of hydrogen-bond acceptors (Lipinski definition) is 6. The molecule has 2 aromatic rings. The molecule has 1 unspecified atom stereocenters. The molecule has 0 fully saturated rings. The number of rotatable bonds is 4. The second-order valence-corrected chi connectivity index (χ2v) is 8.87. The van der Waals surface area contributed by atoms with Crippen molar-refractivity contribution >= 4 is 45.8 Å². The maximum absolute atomic E-state index is 12.3. The van der Waals surface area contributed by atoms with Crippen molar-refractivity contribution in [2.75, 3.05) is 18.4 Å². The number of hydrogen-bond donors (Lipinski definition) is 1. The van der Waals surface area contributed by atoms with Crippen molar-refractivity contribution in [1.29, 1.82) is 5.26 Å². The van der Waals surface area contributed by atoms with Crippen LogP contribution in [0.5, 0.6) is 0 Å². The standard InChI is InChI=1S/C21H19N3O3S2/c22-13-17-16-7-5-14(27-21(26)24-9-1-2-10-24)12-18(16)29-20(17)23-19(25)8-6-15-4-3-11-28-15/h1-4,6,8,11,14H,5,7,9-10,12H2,(H,23,25). The van der Waals surface area contributed by atoms with Crippen molar-refractivity contribution in [3.63, 3.8) is 0 Å². The van der Waals surface area contributed by atoms with Crippen molar-refractivity contribution in [1.82, 2.24) is 4.90 Å². The largest absolute Gasteiger partial charge is 0.446 e. The first kappa shape index (κ1) is 19.4. The SMILES string of the molecule is N#Cc1c(NC(=O)C=Cc2cccs2)sc2c1CCC(OC(=O)N1CC=CC1)C2. The molecule has 1 aliphatic heterocycles. The molecule has 0 bridgehead atoms. The van der Waals surface area contributed by atoms with E-state index in [0.717, 1.165) is 15.3 Å². The van der Waals surface area contributed by atoms with Gasteiger partial charge in [0.05, 0.1) is 5.56 Å². The molecule has 3 heterocycles. The molecular formula is C21H19N3O3S2. The maximum Gasteiger partial charge on any atom is 0.410 e. The van der Waals surface area contributed by atoms with Gasteiger partial charge in [0.25, 0.3) is 0 Å². The first-order valence-electron chi connectivity index (χ1n) is 9.32. The first-order valence-corrected chi connectivity index (χ1v) is 11.0. The third-order valence-electron chi connectivity index (χ3n) is 4.85. The van der Waals surface area contributed by atoms with Gasteiger partial charge in [0, 0.05) is 35.3 Å². The molecule has 2 amide bonds. The summed E-state index contributed by atoms with van der Waals surface area (Å²) in [6.07, 6.45) is 8.52. The van der Waals surface area contributed by atoms with Gasteiger partial charge in [0.15, 0.2) is 0 Å². The van der Waals surface area contributed by atoms with Crippen molar-refractivity contribution in [3.05, 3.63) is 56.6 Å². The number of amides is 2. The summed E-state index contributed by atoms with van der Waals surface area (Å²) in [6, 6.07) is 6.08. The second-order valence-electron chi connectivity index (χ2n) is 6.78. The Morgan fingerprint density at radius 3 is 2.90 bits per heavy atom. The van der Waals surface area contributed by atoms with Crippen LogP contribution in [-0.2, 0) is 22.4 Å². The minimum absolute atomic E-state index is 0.205. The van der Waals surface area contributed by atoms with Gasteiger partial charge in [0.1, 0.15) is 17.2 Å². The molecule has 148 valence electrons. The average molecular weight is 426 g/mol. The summed E-state index contributed by atoms with van der Waals surface area (Å²) in [7, 11) is 0. The zero-order valence-electron chi connectivity index (χ0n) is 15.6. The fourth-order valence-electron chi connectivity index (χ4n) is 3.40. The molecule has 8 heteroatoms. The summed E-state index contributed by atoms with van der Waals surface area (Å²) in [6.45, 7) is 1.17. The number of carbonyl (C=O) groups excluding carboxylic acids is 2. The number of nitriles is 1. The summed E-state index contributed by atoms with van der Waals surface area (Å²) >= 11 is 2.95. The average Bonchev–Trinajstić information content (AvgIpc) is 3.46. The van der Waals surface area contributed by atoms with Gasteiger partial charge in [-0.25, -0.2) is 4.79 Å². The summed E-state index contributed by atoms with van der Waals surface area (Å²) in [5.74, 6) is -0.266. The molecular weight excluding hydrogens is 406 g/mol.